The summed E-state index contributed by atoms with van der Waals surface area (Å²) in [6, 6.07) is 21.2. The monoisotopic (exact) mass is 846 g/mol. The van der Waals surface area contributed by atoms with E-state index >= 15 is 0 Å². The molecule has 4 heterocycles. The number of hydrogen-bond donors (Lipinski definition) is 0. The van der Waals surface area contributed by atoms with E-state index in [0.29, 0.717) is 41.6 Å². The lowest BCUT2D eigenvalue weighted by Gasteiger charge is -2.15. The number of esters is 2. The Morgan fingerprint density at radius 3 is 1.91 bits per heavy atom. The van der Waals surface area contributed by atoms with Crippen LogP contribution >= 0.6 is 45.2 Å². The Morgan fingerprint density at radius 2 is 1.28 bits per heavy atom. The summed E-state index contributed by atoms with van der Waals surface area (Å²) < 4.78 is 26.8. The predicted molar refractivity (Wildman–Crippen MR) is 185 cm³/mol. The molecule has 0 aliphatic carbocycles. The quantitative estimate of drug-likeness (QED) is 0.0896. The van der Waals surface area contributed by atoms with Crippen molar-refractivity contribution < 1.29 is 28.5 Å². The van der Waals surface area contributed by atoms with Gasteiger partial charge in [-0.2, -0.15) is 10.2 Å². The predicted octanol–water partition coefficient (Wildman–Crippen LogP) is 6.18. The van der Waals surface area contributed by atoms with Crippen LogP contribution in [0.25, 0.3) is 11.3 Å². The second kappa shape index (κ2) is 15.8. The van der Waals surface area contributed by atoms with Crippen molar-refractivity contribution in [1.82, 2.24) is 29.2 Å². The minimum atomic E-state index is -0.468. The Kier molecular flexibility index (Phi) is 11.4. The van der Waals surface area contributed by atoms with Crippen LogP contribution in [0.15, 0.2) is 85.6 Å². The number of aromatic nitrogens is 6. The van der Waals surface area contributed by atoms with Gasteiger partial charge in [0.05, 0.1) is 16.8 Å². The molecule has 6 aromatic rings. The zero-order valence-electron chi connectivity index (χ0n) is 24.8. The molecule has 2 aromatic carbocycles. The van der Waals surface area contributed by atoms with Crippen molar-refractivity contribution in [2.24, 2.45) is 0 Å². The fourth-order valence-corrected chi connectivity index (χ4v) is 5.58. The molecule has 12 nitrogen and oxygen atoms in total. The number of halogens is 2. The summed E-state index contributed by atoms with van der Waals surface area (Å²) in [5.41, 5.74) is 3.47. The van der Waals surface area contributed by atoms with E-state index in [-0.39, 0.29) is 18.8 Å². The van der Waals surface area contributed by atoms with Gasteiger partial charge in [-0.3, -0.25) is 0 Å². The molecule has 14 heteroatoms. The number of carbonyl (C=O) groups excluding carboxylic acids is 2. The molecule has 0 aliphatic rings. The SMILES string of the molecule is CCOC(=O)c1c(OCc2ccccc2)c(I)c(I)n2ncnc12.CCOC(=O)c1c(OCc2ccccc2)ccn2ncnc12. The van der Waals surface area contributed by atoms with Crippen LogP contribution in [-0.4, -0.2) is 54.3 Å². The van der Waals surface area contributed by atoms with Crippen molar-refractivity contribution in [3.8, 4) is 11.5 Å². The standard InChI is InChI=1S/C16H13I2N3O3.C16H15N3O3/c1-2-23-16(22)11-13(24-8-10-6-4-3-5-7-10)12(17)14(18)21-15(11)19-9-20-21;1-2-21-16(20)14-13(8-9-19-15(14)17-11-18-19)22-10-12-6-4-3-5-7-12/h3-7,9H,2,8H2,1H3;3-9,11H,2,10H2,1H3. The Hall–Kier alpha value is -4.32. The third-order valence-corrected chi connectivity index (χ3v) is 9.43. The first-order chi connectivity index (χ1) is 22.4. The lowest BCUT2D eigenvalue weighted by atomic mass is 10.2. The lowest BCUT2D eigenvalue weighted by Crippen LogP contribution is -2.14. The maximum absolute atomic E-state index is 12.5. The van der Waals surface area contributed by atoms with E-state index in [4.69, 9.17) is 18.9 Å². The molecule has 0 amide bonds. The average Bonchev–Trinajstić information content (AvgIpc) is 3.76. The van der Waals surface area contributed by atoms with E-state index in [0.717, 1.165) is 18.4 Å². The Bertz CT molecular complexity index is 1950. The highest BCUT2D eigenvalue weighted by Gasteiger charge is 2.26. The molecular formula is C32H28I2N6O6. The number of rotatable bonds is 10. The maximum Gasteiger partial charge on any atom is 0.345 e. The molecule has 236 valence electrons. The average molecular weight is 846 g/mol. The summed E-state index contributed by atoms with van der Waals surface area (Å²) in [6.07, 6.45) is 4.50. The van der Waals surface area contributed by atoms with E-state index < -0.39 is 11.9 Å². The van der Waals surface area contributed by atoms with Gasteiger partial charge in [0, 0.05) is 6.20 Å². The van der Waals surface area contributed by atoms with Gasteiger partial charge >= 0.3 is 11.9 Å². The van der Waals surface area contributed by atoms with E-state index in [1.165, 1.54) is 17.2 Å². The first kappa shape index (κ1) is 33.1. The van der Waals surface area contributed by atoms with Crippen LogP contribution in [0.5, 0.6) is 11.5 Å². The van der Waals surface area contributed by atoms with Crippen LogP contribution in [0.2, 0.25) is 0 Å². The zero-order chi connectivity index (χ0) is 32.5. The summed E-state index contributed by atoms with van der Waals surface area (Å²) in [5, 5.41) is 8.20. The third-order valence-electron chi connectivity index (χ3n) is 6.40. The summed E-state index contributed by atoms with van der Waals surface area (Å²) in [4.78, 5) is 33.0. The molecule has 4 aromatic heterocycles. The second-order valence-electron chi connectivity index (χ2n) is 9.38. The van der Waals surface area contributed by atoms with Crippen LogP contribution in [0, 0.1) is 7.27 Å². The summed E-state index contributed by atoms with van der Waals surface area (Å²) in [6.45, 7) is 4.79. The highest BCUT2D eigenvalue weighted by atomic mass is 127. The minimum absolute atomic E-state index is 0.278. The van der Waals surface area contributed by atoms with Crippen molar-refractivity contribution in [2.45, 2.75) is 27.1 Å². The number of benzene rings is 2. The molecule has 0 aliphatic heterocycles. The van der Waals surface area contributed by atoms with Crippen LogP contribution < -0.4 is 9.47 Å². The molecule has 0 spiro atoms. The molecule has 0 unspecified atom stereocenters. The van der Waals surface area contributed by atoms with Gasteiger partial charge in [0.1, 0.15) is 46.4 Å². The van der Waals surface area contributed by atoms with Gasteiger partial charge in [-0.25, -0.2) is 28.6 Å². The number of nitrogens with zero attached hydrogens (tertiary/aromatic N) is 6. The van der Waals surface area contributed by atoms with Crippen molar-refractivity contribution in [2.75, 3.05) is 13.2 Å². The molecular weight excluding hydrogens is 818 g/mol. The number of fused-ring (bicyclic) bond motifs is 2. The smallest absolute Gasteiger partial charge is 0.345 e. The molecule has 0 radical (unpaired) electrons. The van der Waals surface area contributed by atoms with E-state index in [9.17, 15) is 9.59 Å². The molecule has 0 fully saturated rings. The van der Waals surface area contributed by atoms with E-state index in [2.05, 4.69) is 65.3 Å². The lowest BCUT2D eigenvalue weighted by molar-refractivity contribution is 0.0512. The van der Waals surface area contributed by atoms with Crippen molar-refractivity contribution in [3.63, 3.8) is 0 Å². The van der Waals surface area contributed by atoms with Gasteiger partial charge < -0.3 is 18.9 Å². The summed E-state index contributed by atoms with van der Waals surface area (Å²) in [5.74, 6) is -0.0253. The zero-order valence-corrected chi connectivity index (χ0v) is 29.1. The Labute approximate surface area is 291 Å². The number of pyridine rings is 2. The molecule has 6 rings (SSSR count). The molecule has 0 saturated heterocycles. The largest absolute Gasteiger partial charge is 0.488 e. The van der Waals surface area contributed by atoms with Crippen molar-refractivity contribution >= 4 is 68.4 Å². The highest BCUT2D eigenvalue weighted by molar-refractivity contribution is 14.1. The Morgan fingerprint density at radius 1 is 0.717 bits per heavy atom. The minimum Gasteiger partial charge on any atom is -0.488 e. The summed E-state index contributed by atoms with van der Waals surface area (Å²) >= 11 is 4.31. The third kappa shape index (κ3) is 7.55. The fraction of sp³-hybridized carbons (Fsp3) is 0.188. The Balaban J connectivity index is 0.000000182. The first-order valence-corrected chi connectivity index (χ1v) is 16.3. The van der Waals surface area contributed by atoms with Crippen molar-refractivity contribution in [3.05, 3.63) is 115 Å². The van der Waals surface area contributed by atoms with Gasteiger partial charge in [0.2, 0.25) is 0 Å². The summed E-state index contributed by atoms with van der Waals surface area (Å²) in [7, 11) is 0. The van der Waals surface area contributed by atoms with Crippen LogP contribution in [0.3, 0.4) is 0 Å². The van der Waals surface area contributed by atoms with Gasteiger partial charge in [0.15, 0.2) is 17.0 Å². The molecule has 0 atom stereocenters. The number of ether oxygens (including phenoxy) is 4. The van der Waals surface area contributed by atoms with Gasteiger partial charge in [-0.1, -0.05) is 60.7 Å². The topological polar surface area (TPSA) is 131 Å². The van der Waals surface area contributed by atoms with E-state index in [1.807, 2.05) is 60.7 Å². The van der Waals surface area contributed by atoms with Gasteiger partial charge in [-0.05, 0) is 76.2 Å². The molecule has 0 bridgehead atoms. The van der Waals surface area contributed by atoms with Crippen molar-refractivity contribution in [1.29, 1.82) is 0 Å². The van der Waals surface area contributed by atoms with Crippen LogP contribution in [0.1, 0.15) is 45.7 Å². The van der Waals surface area contributed by atoms with E-state index in [1.54, 1.807) is 30.6 Å². The molecule has 46 heavy (non-hydrogen) atoms. The van der Waals surface area contributed by atoms with Gasteiger partial charge in [-0.15, -0.1) is 0 Å². The highest BCUT2D eigenvalue weighted by Crippen LogP contribution is 2.33. The number of carbonyl (C=O) groups is 2. The fourth-order valence-electron chi connectivity index (χ4n) is 4.33. The second-order valence-corrected chi connectivity index (χ2v) is 11.5. The maximum atomic E-state index is 12.5. The normalized spacial score (nSPS) is 10.7. The van der Waals surface area contributed by atoms with Crippen LogP contribution in [-0.2, 0) is 22.7 Å². The first-order valence-electron chi connectivity index (χ1n) is 14.1. The molecule has 0 N–H and O–H groups in total. The van der Waals surface area contributed by atoms with Crippen LogP contribution in [0.4, 0.5) is 0 Å². The van der Waals surface area contributed by atoms with Gasteiger partial charge in [0.25, 0.3) is 0 Å². The molecule has 0 saturated carbocycles. The number of hydrogen-bond acceptors (Lipinski definition) is 10.